The predicted molar refractivity (Wildman–Crippen MR) is 88.1 cm³/mol. The van der Waals surface area contributed by atoms with Crippen LogP contribution in [0, 0.1) is 11.7 Å². The lowest BCUT2D eigenvalue weighted by atomic mass is 9.99. The quantitative estimate of drug-likeness (QED) is 0.915. The van der Waals surface area contributed by atoms with E-state index in [0.29, 0.717) is 17.4 Å². The van der Waals surface area contributed by atoms with Crippen LogP contribution >= 0.6 is 0 Å². The van der Waals surface area contributed by atoms with Gasteiger partial charge in [-0.25, -0.2) is 4.39 Å². The van der Waals surface area contributed by atoms with E-state index in [1.54, 1.807) is 24.3 Å². The summed E-state index contributed by atoms with van der Waals surface area (Å²) in [6, 6.07) is 12.6. The highest BCUT2D eigenvalue weighted by Gasteiger charge is 2.22. The lowest BCUT2D eigenvalue weighted by Gasteiger charge is -2.16. The van der Waals surface area contributed by atoms with Crippen molar-refractivity contribution in [3.8, 4) is 11.5 Å². The van der Waals surface area contributed by atoms with E-state index < -0.39 is 0 Å². The molecule has 122 valence electrons. The number of phenolic OH excluding ortho intramolecular Hbond substituents is 1. The molecule has 1 heterocycles. The maximum Gasteiger partial charge on any atom is 0.165 e. The second-order valence-electron chi connectivity index (χ2n) is 6.23. The van der Waals surface area contributed by atoms with Crippen LogP contribution in [0.25, 0.3) is 0 Å². The Morgan fingerprint density at radius 3 is 2.61 bits per heavy atom. The van der Waals surface area contributed by atoms with E-state index in [4.69, 9.17) is 4.74 Å². The molecule has 1 N–H and O–H groups in total. The zero-order chi connectivity index (χ0) is 16.2. The summed E-state index contributed by atoms with van der Waals surface area (Å²) in [5, 5.41) is 9.34. The Balaban J connectivity index is 1.55. The lowest BCUT2D eigenvalue weighted by molar-refractivity contribution is 0.315. The Kier molecular flexibility index (Phi) is 4.82. The number of hydrogen-bond acceptors (Lipinski definition) is 3. The fourth-order valence-corrected chi connectivity index (χ4v) is 3.25. The number of hydrogen-bond donors (Lipinski definition) is 1. The molecule has 0 aromatic heterocycles. The molecule has 1 saturated heterocycles. The van der Waals surface area contributed by atoms with Gasteiger partial charge in [-0.1, -0.05) is 18.2 Å². The Morgan fingerprint density at radius 1 is 1.17 bits per heavy atom. The fraction of sp³-hybridized carbons (Fsp3) is 0.368. The van der Waals surface area contributed by atoms with Gasteiger partial charge in [0.25, 0.3) is 0 Å². The number of benzene rings is 2. The van der Waals surface area contributed by atoms with Gasteiger partial charge < -0.3 is 9.84 Å². The van der Waals surface area contributed by atoms with Crippen LogP contribution < -0.4 is 4.74 Å². The number of likely N-dealkylation sites (tertiary alicyclic amines) is 1. The molecule has 1 aliphatic heterocycles. The number of nitrogens with zero attached hydrogens (tertiary/aromatic N) is 1. The van der Waals surface area contributed by atoms with E-state index in [0.717, 1.165) is 38.0 Å². The van der Waals surface area contributed by atoms with E-state index in [-0.39, 0.29) is 5.82 Å². The van der Waals surface area contributed by atoms with E-state index in [9.17, 15) is 9.50 Å². The Labute approximate surface area is 136 Å². The second-order valence-corrected chi connectivity index (χ2v) is 6.23. The molecule has 3 rings (SSSR count). The Bertz CT molecular complexity index is 657. The molecule has 1 unspecified atom stereocenters. The van der Waals surface area contributed by atoms with Gasteiger partial charge >= 0.3 is 0 Å². The van der Waals surface area contributed by atoms with Gasteiger partial charge in [-0.05, 0) is 60.7 Å². The number of aromatic hydroxyl groups is 1. The zero-order valence-electron chi connectivity index (χ0n) is 13.3. The molecule has 23 heavy (non-hydrogen) atoms. The molecule has 0 radical (unpaired) electrons. The summed E-state index contributed by atoms with van der Waals surface area (Å²) in [4.78, 5) is 2.37. The first-order valence-electron chi connectivity index (χ1n) is 7.96. The van der Waals surface area contributed by atoms with Crippen molar-refractivity contribution >= 4 is 0 Å². The standard InChI is InChI=1S/C19H22FNO2/c1-23-19-7-4-15(11-18(19)20)12-21-9-8-16(13-21)10-14-2-5-17(22)6-3-14/h2-7,11,16,22H,8-10,12-13H2,1H3. The van der Waals surface area contributed by atoms with Gasteiger partial charge in [0, 0.05) is 13.1 Å². The summed E-state index contributed by atoms with van der Waals surface area (Å²) in [7, 11) is 1.48. The molecule has 4 heteroatoms. The number of phenols is 1. The third-order valence-corrected chi connectivity index (χ3v) is 4.45. The van der Waals surface area contributed by atoms with Crippen molar-refractivity contribution in [2.75, 3.05) is 20.2 Å². The summed E-state index contributed by atoms with van der Waals surface area (Å²) in [6.07, 6.45) is 2.17. The Morgan fingerprint density at radius 2 is 1.91 bits per heavy atom. The van der Waals surface area contributed by atoms with Crippen LogP contribution in [0.5, 0.6) is 11.5 Å². The smallest absolute Gasteiger partial charge is 0.165 e. The monoisotopic (exact) mass is 315 g/mol. The topological polar surface area (TPSA) is 32.7 Å². The molecule has 0 amide bonds. The van der Waals surface area contributed by atoms with Crippen molar-refractivity contribution in [2.45, 2.75) is 19.4 Å². The number of methoxy groups -OCH3 is 1. The number of rotatable bonds is 5. The predicted octanol–water partition coefficient (Wildman–Crippen LogP) is 3.60. The number of ether oxygens (including phenoxy) is 1. The summed E-state index contributed by atoms with van der Waals surface area (Å²) in [6.45, 7) is 2.83. The van der Waals surface area contributed by atoms with Gasteiger partial charge in [-0.3, -0.25) is 4.90 Å². The maximum atomic E-state index is 13.8. The van der Waals surface area contributed by atoms with Crippen LogP contribution in [-0.2, 0) is 13.0 Å². The maximum absolute atomic E-state index is 13.8. The number of halogens is 1. The van der Waals surface area contributed by atoms with Crippen molar-refractivity contribution in [3.05, 3.63) is 59.4 Å². The first kappa shape index (κ1) is 15.8. The molecule has 0 aliphatic carbocycles. The Hall–Kier alpha value is -2.07. The summed E-state index contributed by atoms with van der Waals surface area (Å²) in [5.41, 5.74) is 2.23. The van der Waals surface area contributed by atoms with E-state index in [1.165, 1.54) is 12.7 Å². The summed E-state index contributed by atoms with van der Waals surface area (Å²) in [5.74, 6) is 0.913. The molecule has 1 aliphatic rings. The molecule has 0 spiro atoms. The molecule has 2 aromatic carbocycles. The van der Waals surface area contributed by atoms with Crippen molar-refractivity contribution in [1.82, 2.24) is 4.90 Å². The minimum Gasteiger partial charge on any atom is -0.508 e. The first-order chi connectivity index (χ1) is 11.1. The van der Waals surface area contributed by atoms with Gasteiger partial charge in [0.1, 0.15) is 5.75 Å². The molecular formula is C19H22FNO2. The minimum absolute atomic E-state index is 0.292. The average Bonchev–Trinajstić information content (AvgIpc) is 2.97. The van der Waals surface area contributed by atoms with Crippen molar-refractivity contribution in [2.24, 2.45) is 5.92 Å². The van der Waals surface area contributed by atoms with E-state index in [1.807, 2.05) is 18.2 Å². The fourth-order valence-electron chi connectivity index (χ4n) is 3.25. The highest BCUT2D eigenvalue weighted by atomic mass is 19.1. The SMILES string of the molecule is COc1ccc(CN2CCC(Cc3ccc(O)cc3)C2)cc1F. The van der Waals surface area contributed by atoms with Crippen LogP contribution in [0.1, 0.15) is 17.5 Å². The van der Waals surface area contributed by atoms with Crippen molar-refractivity contribution in [1.29, 1.82) is 0 Å². The largest absolute Gasteiger partial charge is 0.508 e. The van der Waals surface area contributed by atoms with Gasteiger partial charge in [-0.15, -0.1) is 0 Å². The van der Waals surface area contributed by atoms with Crippen LogP contribution in [-0.4, -0.2) is 30.2 Å². The second kappa shape index (κ2) is 7.01. The third kappa shape index (κ3) is 4.02. The molecule has 1 atom stereocenters. The van der Waals surface area contributed by atoms with Gasteiger partial charge in [0.15, 0.2) is 11.6 Å². The van der Waals surface area contributed by atoms with Gasteiger partial charge in [-0.2, -0.15) is 0 Å². The highest BCUT2D eigenvalue weighted by molar-refractivity contribution is 5.29. The molecular weight excluding hydrogens is 293 g/mol. The van der Waals surface area contributed by atoms with E-state index >= 15 is 0 Å². The van der Waals surface area contributed by atoms with Gasteiger partial charge in [0.2, 0.25) is 0 Å². The van der Waals surface area contributed by atoms with Crippen molar-refractivity contribution < 1.29 is 14.2 Å². The molecule has 0 bridgehead atoms. The summed E-state index contributed by atoms with van der Waals surface area (Å²) >= 11 is 0. The zero-order valence-corrected chi connectivity index (χ0v) is 13.3. The summed E-state index contributed by atoms with van der Waals surface area (Å²) < 4.78 is 18.7. The lowest BCUT2D eigenvalue weighted by Crippen LogP contribution is -2.20. The van der Waals surface area contributed by atoms with Crippen LogP contribution in [0.4, 0.5) is 4.39 Å². The molecule has 3 nitrogen and oxygen atoms in total. The van der Waals surface area contributed by atoms with Crippen molar-refractivity contribution in [3.63, 3.8) is 0 Å². The molecule has 2 aromatic rings. The molecule has 0 saturated carbocycles. The minimum atomic E-state index is -0.301. The average molecular weight is 315 g/mol. The van der Waals surface area contributed by atoms with Gasteiger partial charge in [0.05, 0.1) is 7.11 Å². The highest BCUT2D eigenvalue weighted by Crippen LogP contribution is 2.24. The first-order valence-corrected chi connectivity index (χ1v) is 7.96. The normalized spacial score (nSPS) is 18.3. The van der Waals surface area contributed by atoms with Crippen LogP contribution in [0.15, 0.2) is 42.5 Å². The van der Waals surface area contributed by atoms with E-state index in [2.05, 4.69) is 4.90 Å². The van der Waals surface area contributed by atoms with Crippen LogP contribution in [0.2, 0.25) is 0 Å². The van der Waals surface area contributed by atoms with Crippen LogP contribution in [0.3, 0.4) is 0 Å². The third-order valence-electron chi connectivity index (χ3n) is 4.45. The molecule has 1 fully saturated rings.